The van der Waals surface area contributed by atoms with Crippen LogP contribution in [0.5, 0.6) is 17.2 Å². The maximum absolute atomic E-state index is 13.2. The minimum absolute atomic E-state index is 0.138. The first kappa shape index (κ1) is 27.9. The zero-order chi connectivity index (χ0) is 27.6. The second-order valence-electron chi connectivity index (χ2n) is 9.07. The summed E-state index contributed by atoms with van der Waals surface area (Å²) in [6.07, 6.45) is 0.859. The molecule has 39 heavy (non-hydrogen) atoms. The molecule has 1 amide bonds. The Morgan fingerprint density at radius 3 is 2.36 bits per heavy atom. The van der Waals surface area contributed by atoms with Crippen molar-refractivity contribution in [2.75, 3.05) is 58.5 Å². The van der Waals surface area contributed by atoms with Crippen molar-refractivity contribution in [3.05, 3.63) is 83.7 Å². The lowest BCUT2D eigenvalue weighted by Gasteiger charge is -2.36. The molecule has 3 aromatic carbocycles. The summed E-state index contributed by atoms with van der Waals surface area (Å²) >= 11 is 0. The van der Waals surface area contributed by atoms with Crippen LogP contribution in [0.1, 0.15) is 15.9 Å². The molecule has 0 radical (unpaired) electrons. The van der Waals surface area contributed by atoms with E-state index in [1.54, 1.807) is 68.8 Å². The van der Waals surface area contributed by atoms with Crippen LogP contribution in [0.15, 0.2) is 71.8 Å². The quantitative estimate of drug-likeness (QED) is 0.287. The van der Waals surface area contributed by atoms with Gasteiger partial charge >= 0.3 is 0 Å². The van der Waals surface area contributed by atoms with E-state index in [1.807, 2.05) is 0 Å². The van der Waals surface area contributed by atoms with Crippen molar-refractivity contribution in [1.29, 1.82) is 0 Å². The predicted octanol–water partition coefficient (Wildman–Crippen LogP) is 3.17. The number of hydrazone groups is 1. The smallest absolute Gasteiger partial charge is 0.271 e. The van der Waals surface area contributed by atoms with Crippen LogP contribution in [0.25, 0.3) is 0 Å². The third-order valence-corrected chi connectivity index (χ3v) is 6.38. The van der Waals surface area contributed by atoms with Gasteiger partial charge in [-0.1, -0.05) is 0 Å². The summed E-state index contributed by atoms with van der Waals surface area (Å²) in [4.78, 5) is 16.8. The number of aliphatic hydroxyl groups excluding tert-OH is 1. The molecule has 1 aliphatic rings. The number of halogens is 1. The molecule has 1 fully saturated rings. The largest absolute Gasteiger partial charge is 0.493 e. The fraction of sp³-hybridized carbons (Fsp3) is 0.310. The molecule has 1 heterocycles. The van der Waals surface area contributed by atoms with Crippen molar-refractivity contribution in [3.8, 4) is 17.2 Å². The number of hydrogen-bond donors (Lipinski definition) is 2. The van der Waals surface area contributed by atoms with Gasteiger partial charge < -0.3 is 24.2 Å². The first-order chi connectivity index (χ1) is 18.9. The van der Waals surface area contributed by atoms with Crippen LogP contribution in [0.3, 0.4) is 0 Å². The van der Waals surface area contributed by atoms with Crippen LogP contribution in [0.4, 0.5) is 10.1 Å². The molecular weight excluding hydrogens is 503 g/mol. The molecule has 1 aliphatic heterocycles. The maximum Gasteiger partial charge on any atom is 0.271 e. The van der Waals surface area contributed by atoms with Gasteiger partial charge in [-0.15, -0.1) is 0 Å². The van der Waals surface area contributed by atoms with E-state index in [0.29, 0.717) is 29.4 Å². The van der Waals surface area contributed by atoms with E-state index in [9.17, 15) is 14.3 Å². The van der Waals surface area contributed by atoms with Gasteiger partial charge in [0.1, 0.15) is 24.3 Å². The van der Waals surface area contributed by atoms with Crippen molar-refractivity contribution in [2.45, 2.75) is 6.10 Å². The Morgan fingerprint density at radius 1 is 1.00 bits per heavy atom. The number of nitrogens with one attached hydrogen (secondary N) is 1. The lowest BCUT2D eigenvalue weighted by molar-refractivity contribution is 0.0663. The summed E-state index contributed by atoms with van der Waals surface area (Å²) in [5.74, 6) is 1.13. The predicted molar refractivity (Wildman–Crippen MR) is 148 cm³/mol. The Labute approximate surface area is 227 Å². The average molecular weight is 537 g/mol. The monoisotopic (exact) mass is 536 g/mol. The number of methoxy groups -OCH3 is 2. The standard InChI is InChI=1S/C29H33FN4O5/c1-37-27-12-3-21(17-28(27)38-2)18-31-32-29(36)22-4-10-26(11-5-22)39-20-25(35)19-33-13-15-34(16-14-33)24-8-6-23(30)7-9-24/h3-12,17-18,25,35H,13-16,19-20H2,1-2H3,(H,32,36)/b31-18-/t25-/m1/s1. The minimum atomic E-state index is -0.656. The number of aliphatic hydroxyl groups is 1. The number of ether oxygens (including phenoxy) is 3. The summed E-state index contributed by atoms with van der Waals surface area (Å²) in [5.41, 5.74) is 4.66. The van der Waals surface area contributed by atoms with E-state index in [1.165, 1.54) is 18.3 Å². The summed E-state index contributed by atoms with van der Waals surface area (Å²) < 4.78 is 29.3. The van der Waals surface area contributed by atoms with Gasteiger partial charge in [0, 0.05) is 44.0 Å². The zero-order valence-electron chi connectivity index (χ0n) is 22.0. The van der Waals surface area contributed by atoms with Crippen molar-refractivity contribution >= 4 is 17.8 Å². The molecule has 4 rings (SSSR count). The maximum atomic E-state index is 13.2. The van der Waals surface area contributed by atoms with Crippen molar-refractivity contribution in [2.24, 2.45) is 5.10 Å². The van der Waals surface area contributed by atoms with Gasteiger partial charge in [0.05, 0.1) is 20.4 Å². The van der Waals surface area contributed by atoms with Crippen LogP contribution < -0.4 is 24.5 Å². The van der Waals surface area contributed by atoms with Crippen LogP contribution in [-0.4, -0.2) is 81.8 Å². The molecule has 10 heteroatoms. The molecule has 2 N–H and O–H groups in total. The normalized spacial score (nSPS) is 14.7. The second-order valence-corrected chi connectivity index (χ2v) is 9.07. The second kappa shape index (κ2) is 13.6. The lowest BCUT2D eigenvalue weighted by Crippen LogP contribution is -2.49. The number of rotatable bonds is 11. The Bertz CT molecular complexity index is 1250. The third kappa shape index (κ3) is 7.92. The van der Waals surface area contributed by atoms with Gasteiger partial charge in [0.15, 0.2) is 11.5 Å². The van der Waals surface area contributed by atoms with Gasteiger partial charge in [-0.2, -0.15) is 5.10 Å². The number of amides is 1. The number of benzene rings is 3. The molecular formula is C29H33FN4O5. The topological polar surface area (TPSA) is 95.9 Å². The van der Waals surface area contributed by atoms with E-state index in [4.69, 9.17) is 14.2 Å². The fourth-order valence-corrected chi connectivity index (χ4v) is 4.25. The summed E-state index contributed by atoms with van der Waals surface area (Å²) in [6, 6.07) is 18.5. The van der Waals surface area contributed by atoms with E-state index in [0.717, 1.165) is 37.4 Å². The highest BCUT2D eigenvalue weighted by atomic mass is 19.1. The molecule has 9 nitrogen and oxygen atoms in total. The zero-order valence-corrected chi connectivity index (χ0v) is 22.0. The Balaban J connectivity index is 1.18. The first-order valence-electron chi connectivity index (χ1n) is 12.6. The van der Waals surface area contributed by atoms with E-state index >= 15 is 0 Å². The highest BCUT2D eigenvalue weighted by Gasteiger charge is 2.20. The van der Waals surface area contributed by atoms with E-state index < -0.39 is 6.10 Å². The summed E-state index contributed by atoms with van der Waals surface area (Å²) in [6.45, 7) is 3.84. The molecule has 0 aromatic heterocycles. The van der Waals surface area contributed by atoms with Crippen molar-refractivity contribution in [3.63, 3.8) is 0 Å². The van der Waals surface area contributed by atoms with E-state index in [2.05, 4.69) is 20.3 Å². The SMILES string of the molecule is COc1ccc(/C=N\NC(=O)c2ccc(OC[C@H](O)CN3CCN(c4ccc(F)cc4)CC3)cc2)cc1OC. The molecule has 0 spiro atoms. The molecule has 1 atom stereocenters. The van der Waals surface area contributed by atoms with E-state index in [-0.39, 0.29) is 18.3 Å². The number of β-amino-alcohol motifs (C(OH)–C–C–N with tert-alkyl or cyclic N) is 1. The molecule has 0 saturated carbocycles. The van der Waals surface area contributed by atoms with Crippen molar-refractivity contribution < 1.29 is 28.5 Å². The Hall–Kier alpha value is -4.15. The highest BCUT2D eigenvalue weighted by molar-refractivity contribution is 5.95. The Kier molecular flexibility index (Phi) is 9.71. The minimum Gasteiger partial charge on any atom is -0.493 e. The van der Waals surface area contributed by atoms with Crippen LogP contribution >= 0.6 is 0 Å². The van der Waals surface area contributed by atoms with Gasteiger partial charge in [-0.3, -0.25) is 9.69 Å². The molecule has 1 saturated heterocycles. The Morgan fingerprint density at radius 2 is 1.69 bits per heavy atom. The first-order valence-corrected chi connectivity index (χ1v) is 12.6. The van der Waals surface area contributed by atoms with Gasteiger partial charge in [-0.25, -0.2) is 9.82 Å². The third-order valence-electron chi connectivity index (χ3n) is 6.38. The van der Waals surface area contributed by atoms with Crippen LogP contribution in [-0.2, 0) is 0 Å². The number of carbonyl (C=O) groups excluding carboxylic acids is 1. The molecule has 0 aliphatic carbocycles. The fourth-order valence-electron chi connectivity index (χ4n) is 4.25. The van der Waals surface area contributed by atoms with Gasteiger partial charge in [0.25, 0.3) is 5.91 Å². The van der Waals surface area contributed by atoms with Crippen molar-refractivity contribution in [1.82, 2.24) is 10.3 Å². The van der Waals surface area contributed by atoms with Gasteiger partial charge in [0.2, 0.25) is 0 Å². The molecule has 0 unspecified atom stereocenters. The number of anilines is 1. The molecule has 3 aromatic rings. The van der Waals surface area contributed by atoms with Gasteiger partial charge in [-0.05, 0) is 72.3 Å². The van der Waals surface area contributed by atoms with Crippen LogP contribution in [0.2, 0.25) is 0 Å². The molecule has 0 bridgehead atoms. The summed E-state index contributed by atoms with van der Waals surface area (Å²) in [5, 5.41) is 14.5. The molecule has 206 valence electrons. The highest BCUT2D eigenvalue weighted by Crippen LogP contribution is 2.26. The lowest BCUT2D eigenvalue weighted by atomic mass is 10.2. The number of hydrogen-bond acceptors (Lipinski definition) is 8. The average Bonchev–Trinajstić information content (AvgIpc) is 2.97. The number of nitrogens with zero attached hydrogens (tertiary/aromatic N) is 3. The van der Waals surface area contributed by atoms with Crippen LogP contribution in [0, 0.1) is 5.82 Å². The summed E-state index contributed by atoms with van der Waals surface area (Å²) in [7, 11) is 3.11. The number of carbonyl (C=O) groups is 1. The number of piperazine rings is 1.